The van der Waals surface area contributed by atoms with Crippen LogP contribution in [0, 0.1) is 5.41 Å². The highest BCUT2D eigenvalue weighted by atomic mass is 16.2. The first kappa shape index (κ1) is 16.7. The number of carbonyl (C=O) groups is 1. The third kappa shape index (κ3) is 2.83. The van der Waals surface area contributed by atoms with Gasteiger partial charge in [-0.25, -0.2) is 4.79 Å². The Morgan fingerprint density at radius 3 is 2.38 bits per heavy atom. The molecule has 1 aliphatic rings. The van der Waals surface area contributed by atoms with Gasteiger partial charge in [0.15, 0.2) is 5.78 Å². The number of benzene rings is 1. The van der Waals surface area contributed by atoms with Crippen LogP contribution in [-0.2, 0) is 11.3 Å². The van der Waals surface area contributed by atoms with Gasteiger partial charge in [-0.2, -0.15) is 0 Å². The highest BCUT2D eigenvalue weighted by Crippen LogP contribution is 2.27. The summed E-state index contributed by atoms with van der Waals surface area (Å²) in [6.45, 7) is 5.52. The Balaban J connectivity index is 2.25. The minimum absolute atomic E-state index is 0.00412. The van der Waals surface area contributed by atoms with Crippen molar-refractivity contribution < 1.29 is 4.79 Å². The summed E-state index contributed by atoms with van der Waals surface area (Å²) in [6, 6.07) is 7.02. The fourth-order valence-electron chi connectivity index (χ4n) is 3.36. The predicted octanol–water partition coefficient (Wildman–Crippen LogP) is 2.89. The maximum Gasteiger partial charge on any atom is 0.332 e. The van der Waals surface area contributed by atoms with E-state index < -0.39 is 5.41 Å². The van der Waals surface area contributed by atoms with E-state index in [0.29, 0.717) is 10.9 Å². The molecule has 1 aromatic carbocycles. The van der Waals surface area contributed by atoms with Crippen LogP contribution in [-0.4, -0.2) is 14.9 Å². The molecule has 0 spiro atoms. The lowest BCUT2D eigenvalue weighted by Crippen LogP contribution is -2.43. The van der Waals surface area contributed by atoms with E-state index in [0.717, 1.165) is 25.7 Å². The van der Waals surface area contributed by atoms with Crippen LogP contribution in [0.3, 0.4) is 0 Å². The van der Waals surface area contributed by atoms with Gasteiger partial charge in [-0.3, -0.25) is 18.7 Å². The van der Waals surface area contributed by atoms with E-state index in [9.17, 15) is 14.4 Å². The molecular weight excluding hydrogens is 304 g/mol. The maximum absolute atomic E-state index is 13.0. The summed E-state index contributed by atoms with van der Waals surface area (Å²) in [6.07, 6.45) is 3.76. The lowest BCUT2D eigenvalue weighted by atomic mass is 9.91. The van der Waals surface area contributed by atoms with Crippen molar-refractivity contribution in [3.8, 4) is 0 Å². The van der Waals surface area contributed by atoms with Crippen LogP contribution in [0.5, 0.6) is 0 Å². The van der Waals surface area contributed by atoms with E-state index in [4.69, 9.17) is 0 Å². The molecule has 0 radical (unpaired) electrons. The van der Waals surface area contributed by atoms with Gasteiger partial charge in [-0.15, -0.1) is 0 Å². The Morgan fingerprint density at radius 1 is 1.12 bits per heavy atom. The van der Waals surface area contributed by atoms with Gasteiger partial charge >= 0.3 is 5.69 Å². The molecule has 5 heteroatoms. The predicted molar refractivity (Wildman–Crippen MR) is 94.4 cm³/mol. The summed E-state index contributed by atoms with van der Waals surface area (Å²) in [5.41, 5.74) is -0.584. The Morgan fingerprint density at radius 2 is 1.75 bits per heavy atom. The first-order valence-corrected chi connectivity index (χ1v) is 8.58. The zero-order chi connectivity index (χ0) is 17.5. The molecule has 0 N–H and O–H groups in total. The Hall–Kier alpha value is -2.17. The molecule has 128 valence electrons. The van der Waals surface area contributed by atoms with Crippen molar-refractivity contribution in [2.75, 3.05) is 0 Å². The van der Waals surface area contributed by atoms with E-state index in [2.05, 4.69) is 0 Å². The maximum atomic E-state index is 13.0. The second kappa shape index (κ2) is 6.04. The SMILES string of the molecule is CC(C)(C)C(=O)Cn1c(=O)n(C2CCCC2)c(=O)c2ccccc21. The summed E-state index contributed by atoms with van der Waals surface area (Å²) in [5.74, 6) is -0.0219. The first-order valence-electron chi connectivity index (χ1n) is 8.58. The van der Waals surface area contributed by atoms with Crippen molar-refractivity contribution in [2.24, 2.45) is 5.41 Å². The van der Waals surface area contributed by atoms with E-state index in [1.165, 1.54) is 9.13 Å². The Kier molecular flexibility index (Phi) is 4.20. The molecule has 5 nitrogen and oxygen atoms in total. The van der Waals surface area contributed by atoms with Crippen LogP contribution >= 0.6 is 0 Å². The minimum Gasteiger partial charge on any atom is -0.297 e. The zero-order valence-electron chi connectivity index (χ0n) is 14.5. The topological polar surface area (TPSA) is 61.1 Å². The number of ketones is 1. The number of carbonyl (C=O) groups excluding carboxylic acids is 1. The Bertz CT molecular complexity index is 893. The molecule has 0 aliphatic heterocycles. The van der Waals surface area contributed by atoms with Crippen LogP contribution in [0.15, 0.2) is 33.9 Å². The molecule has 1 heterocycles. The number of para-hydroxylation sites is 1. The standard InChI is InChI=1S/C19H24N2O3/c1-19(2,3)16(22)12-20-15-11-7-6-10-14(15)17(23)21(18(20)24)13-8-4-5-9-13/h6-7,10-11,13H,4-5,8-9,12H2,1-3H3. The molecule has 0 atom stereocenters. The molecule has 24 heavy (non-hydrogen) atoms. The fourth-order valence-corrected chi connectivity index (χ4v) is 3.36. The van der Waals surface area contributed by atoms with E-state index in [-0.39, 0.29) is 29.6 Å². The smallest absolute Gasteiger partial charge is 0.297 e. The summed E-state index contributed by atoms with van der Waals surface area (Å²) in [5, 5.41) is 0.505. The molecule has 1 saturated carbocycles. The molecule has 3 rings (SSSR count). The third-order valence-corrected chi connectivity index (χ3v) is 4.91. The van der Waals surface area contributed by atoms with Crippen LogP contribution in [0.2, 0.25) is 0 Å². The zero-order valence-corrected chi connectivity index (χ0v) is 14.5. The van der Waals surface area contributed by atoms with Crippen molar-refractivity contribution >= 4 is 16.7 Å². The minimum atomic E-state index is -0.533. The third-order valence-electron chi connectivity index (χ3n) is 4.91. The number of aromatic nitrogens is 2. The second-order valence-corrected chi connectivity index (χ2v) is 7.67. The highest BCUT2D eigenvalue weighted by Gasteiger charge is 2.26. The summed E-state index contributed by atoms with van der Waals surface area (Å²) >= 11 is 0. The van der Waals surface area contributed by atoms with E-state index >= 15 is 0 Å². The van der Waals surface area contributed by atoms with Crippen molar-refractivity contribution in [1.82, 2.24) is 9.13 Å². The van der Waals surface area contributed by atoms with Gasteiger partial charge < -0.3 is 0 Å². The molecule has 1 aliphatic carbocycles. The molecule has 0 amide bonds. The van der Waals surface area contributed by atoms with Gasteiger partial charge in [-0.05, 0) is 25.0 Å². The normalized spacial score (nSPS) is 16.0. The second-order valence-electron chi connectivity index (χ2n) is 7.67. The quantitative estimate of drug-likeness (QED) is 0.870. The van der Waals surface area contributed by atoms with Gasteiger partial charge in [0.05, 0.1) is 17.4 Å². The average Bonchev–Trinajstić information content (AvgIpc) is 3.04. The number of hydrogen-bond donors (Lipinski definition) is 0. The van der Waals surface area contributed by atoms with E-state index in [1.54, 1.807) is 24.3 Å². The van der Waals surface area contributed by atoms with Gasteiger partial charge in [0.25, 0.3) is 5.56 Å². The van der Waals surface area contributed by atoms with Crippen LogP contribution in [0.1, 0.15) is 52.5 Å². The molecule has 0 saturated heterocycles. The van der Waals surface area contributed by atoms with Crippen molar-refractivity contribution in [3.63, 3.8) is 0 Å². The lowest BCUT2D eigenvalue weighted by molar-refractivity contribution is -0.126. The number of Topliss-reactive ketones (excluding diaryl/α,β-unsaturated/α-hetero) is 1. The Labute approximate surface area is 140 Å². The molecule has 0 bridgehead atoms. The van der Waals surface area contributed by atoms with Crippen molar-refractivity contribution in [3.05, 3.63) is 45.1 Å². The van der Waals surface area contributed by atoms with E-state index in [1.807, 2.05) is 20.8 Å². The molecule has 0 unspecified atom stereocenters. The summed E-state index contributed by atoms with van der Waals surface area (Å²) in [4.78, 5) is 38.4. The number of fused-ring (bicyclic) bond motifs is 1. The number of rotatable bonds is 3. The highest BCUT2D eigenvalue weighted by molar-refractivity contribution is 5.85. The first-order chi connectivity index (χ1) is 11.3. The fraction of sp³-hybridized carbons (Fsp3) is 0.526. The number of hydrogen-bond acceptors (Lipinski definition) is 3. The average molecular weight is 328 g/mol. The van der Waals surface area contributed by atoms with Crippen LogP contribution in [0.25, 0.3) is 10.9 Å². The van der Waals surface area contributed by atoms with Crippen molar-refractivity contribution in [1.29, 1.82) is 0 Å². The molecule has 1 fully saturated rings. The molecule has 2 aromatic rings. The number of nitrogens with zero attached hydrogens (tertiary/aromatic N) is 2. The van der Waals surface area contributed by atoms with Crippen LogP contribution in [0.4, 0.5) is 0 Å². The van der Waals surface area contributed by atoms with Gasteiger partial charge in [0, 0.05) is 11.5 Å². The lowest BCUT2D eigenvalue weighted by Gasteiger charge is -2.21. The van der Waals surface area contributed by atoms with Gasteiger partial charge in [0.1, 0.15) is 0 Å². The summed E-state index contributed by atoms with van der Waals surface area (Å²) in [7, 11) is 0. The summed E-state index contributed by atoms with van der Waals surface area (Å²) < 4.78 is 2.86. The van der Waals surface area contributed by atoms with Gasteiger partial charge in [0.2, 0.25) is 0 Å². The van der Waals surface area contributed by atoms with Crippen molar-refractivity contribution in [2.45, 2.75) is 59.0 Å². The largest absolute Gasteiger partial charge is 0.332 e. The van der Waals surface area contributed by atoms with Crippen LogP contribution < -0.4 is 11.2 Å². The molecule has 1 aromatic heterocycles. The molecular formula is C19H24N2O3. The monoisotopic (exact) mass is 328 g/mol. The van der Waals surface area contributed by atoms with Gasteiger partial charge in [-0.1, -0.05) is 45.7 Å².